The van der Waals surface area contributed by atoms with E-state index in [4.69, 9.17) is 26.2 Å². The van der Waals surface area contributed by atoms with E-state index in [0.29, 0.717) is 18.0 Å². The van der Waals surface area contributed by atoms with Crippen LogP contribution in [0.4, 0.5) is 5.69 Å². The molecule has 2 rings (SSSR count). The van der Waals surface area contributed by atoms with Gasteiger partial charge in [-0.1, -0.05) is 23.7 Å². The lowest BCUT2D eigenvalue weighted by atomic mass is 10.2. The molecule has 0 atom stereocenters. The molecule has 0 saturated carbocycles. The van der Waals surface area contributed by atoms with Crippen LogP contribution in [-0.4, -0.2) is 25.4 Å². The summed E-state index contributed by atoms with van der Waals surface area (Å²) in [5.41, 5.74) is 2.05. The van der Waals surface area contributed by atoms with E-state index in [1.807, 2.05) is 42.5 Å². The van der Waals surface area contributed by atoms with Crippen molar-refractivity contribution in [3.63, 3.8) is 0 Å². The number of rotatable bonds is 7. The molecule has 0 fully saturated rings. The van der Waals surface area contributed by atoms with Crippen LogP contribution in [0.5, 0.6) is 11.5 Å². The highest BCUT2D eigenvalue weighted by molar-refractivity contribution is 6.30. The summed E-state index contributed by atoms with van der Waals surface area (Å²) in [4.78, 5) is 0. The molecular weight excluding hydrogens is 290 g/mol. The second-order valence-electron chi connectivity index (χ2n) is 4.42. The largest absolute Gasteiger partial charge is 0.493 e. The molecule has 0 amide bonds. The summed E-state index contributed by atoms with van der Waals surface area (Å²) in [6.07, 6.45) is 0. The molecule has 0 aliphatic rings. The molecule has 0 aliphatic heterocycles. The number of benzene rings is 2. The molecule has 2 aromatic rings. The smallest absolute Gasteiger partial charge is 0.163 e. The second kappa shape index (κ2) is 7.76. The molecule has 0 bridgehead atoms. The fraction of sp³-hybridized carbons (Fsp3) is 0.250. The zero-order valence-electron chi connectivity index (χ0n) is 11.8. The van der Waals surface area contributed by atoms with Gasteiger partial charge in [0.15, 0.2) is 11.5 Å². The van der Waals surface area contributed by atoms with Crippen LogP contribution in [-0.2, 0) is 6.54 Å². The van der Waals surface area contributed by atoms with Crippen molar-refractivity contribution in [1.29, 1.82) is 0 Å². The fourth-order valence-corrected chi connectivity index (χ4v) is 1.99. The van der Waals surface area contributed by atoms with Gasteiger partial charge in [0, 0.05) is 23.3 Å². The Morgan fingerprint density at radius 3 is 2.52 bits per heavy atom. The first-order valence-corrected chi connectivity index (χ1v) is 7.00. The van der Waals surface area contributed by atoms with Gasteiger partial charge in [-0.15, -0.1) is 0 Å². The van der Waals surface area contributed by atoms with E-state index < -0.39 is 0 Å². The molecule has 0 radical (unpaired) electrons. The predicted molar refractivity (Wildman–Crippen MR) is 84.4 cm³/mol. The summed E-state index contributed by atoms with van der Waals surface area (Å²) >= 11 is 5.86. The van der Waals surface area contributed by atoms with Gasteiger partial charge in [0.1, 0.15) is 6.61 Å². The number of hydrogen-bond acceptors (Lipinski definition) is 4. The Morgan fingerprint density at radius 2 is 1.86 bits per heavy atom. The molecule has 0 heterocycles. The third kappa shape index (κ3) is 4.55. The van der Waals surface area contributed by atoms with Crippen LogP contribution in [0.15, 0.2) is 42.5 Å². The third-order valence-corrected chi connectivity index (χ3v) is 3.17. The molecule has 0 aliphatic carbocycles. The van der Waals surface area contributed by atoms with E-state index in [1.54, 1.807) is 7.11 Å². The SMILES string of the molecule is COc1ccc(NCc2ccc(Cl)cc2)cc1OCCO. The first-order valence-electron chi connectivity index (χ1n) is 6.63. The van der Waals surface area contributed by atoms with Crippen molar-refractivity contribution in [3.8, 4) is 11.5 Å². The maximum absolute atomic E-state index is 8.84. The van der Waals surface area contributed by atoms with E-state index in [1.165, 1.54) is 0 Å². The second-order valence-corrected chi connectivity index (χ2v) is 4.85. The van der Waals surface area contributed by atoms with Gasteiger partial charge in [0.2, 0.25) is 0 Å². The zero-order chi connectivity index (χ0) is 15.1. The number of halogens is 1. The minimum Gasteiger partial charge on any atom is -0.493 e. The van der Waals surface area contributed by atoms with Crippen molar-refractivity contribution in [1.82, 2.24) is 0 Å². The Labute approximate surface area is 129 Å². The third-order valence-electron chi connectivity index (χ3n) is 2.92. The summed E-state index contributed by atoms with van der Waals surface area (Å²) in [5, 5.41) is 12.9. The number of anilines is 1. The van der Waals surface area contributed by atoms with Crippen LogP contribution in [0, 0.1) is 0 Å². The van der Waals surface area contributed by atoms with Crippen LogP contribution in [0.1, 0.15) is 5.56 Å². The van der Waals surface area contributed by atoms with Crippen molar-refractivity contribution in [2.45, 2.75) is 6.54 Å². The molecule has 5 heteroatoms. The molecule has 4 nitrogen and oxygen atoms in total. The van der Waals surface area contributed by atoms with Crippen molar-refractivity contribution in [2.75, 3.05) is 25.6 Å². The summed E-state index contributed by atoms with van der Waals surface area (Å²) < 4.78 is 10.7. The van der Waals surface area contributed by atoms with Gasteiger partial charge in [-0.25, -0.2) is 0 Å². The Bertz CT molecular complexity index is 572. The molecule has 2 N–H and O–H groups in total. The quantitative estimate of drug-likeness (QED) is 0.824. The molecule has 0 spiro atoms. The van der Waals surface area contributed by atoms with E-state index >= 15 is 0 Å². The Hall–Kier alpha value is -1.91. The molecule has 21 heavy (non-hydrogen) atoms. The monoisotopic (exact) mass is 307 g/mol. The van der Waals surface area contributed by atoms with Gasteiger partial charge in [-0.2, -0.15) is 0 Å². The maximum Gasteiger partial charge on any atom is 0.163 e. The van der Waals surface area contributed by atoms with Crippen LogP contribution < -0.4 is 14.8 Å². The Morgan fingerprint density at radius 1 is 1.10 bits per heavy atom. The molecule has 0 unspecified atom stereocenters. The molecule has 0 aromatic heterocycles. The molecular formula is C16H18ClNO3. The normalized spacial score (nSPS) is 10.2. The van der Waals surface area contributed by atoms with Crippen molar-refractivity contribution in [3.05, 3.63) is 53.1 Å². The van der Waals surface area contributed by atoms with Crippen LogP contribution >= 0.6 is 11.6 Å². The minimum absolute atomic E-state index is 0.0361. The minimum atomic E-state index is -0.0361. The van der Waals surface area contributed by atoms with E-state index in [0.717, 1.165) is 16.3 Å². The lowest BCUT2D eigenvalue weighted by molar-refractivity contribution is 0.196. The van der Waals surface area contributed by atoms with E-state index in [-0.39, 0.29) is 13.2 Å². The van der Waals surface area contributed by atoms with Gasteiger partial charge in [0.25, 0.3) is 0 Å². The standard InChI is InChI=1S/C16H18ClNO3/c1-20-15-7-6-14(10-16(15)21-9-8-19)18-11-12-2-4-13(17)5-3-12/h2-7,10,18-19H,8-9,11H2,1H3. The zero-order valence-corrected chi connectivity index (χ0v) is 12.6. The van der Waals surface area contributed by atoms with Gasteiger partial charge < -0.3 is 19.9 Å². The van der Waals surface area contributed by atoms with Crippen molar-refractivity contribution < 1.29 is 14.6 Å². The molecule has 2 aromatic carbocycles. The van der Waals surface area contributed by atoms with Crippen molar-refractivity contribution in [2.24, 2.45) is 0 Å². The highest BCUT2D eigenvalue weighted by Gasteiger charge is 2.05. The Kier molecular flexibility index (Phi) is 5.72. The van der Waals surface area contributed by atoms with Gasteiger partial charge in [-0.3, -0.25) is 0 Å². The number of aliphatic hydroxyl groups excluding tert-OH is 1. The summed E-state index contributed by atoms with van der Waals surface area (Å²) in [7, 11) is 1.59. The molecule has 0 saturated heterocycles. The predicted octanol–water partition coefficient (Wildman–Crippen LogP) is 3.33. The van der Waals surface area contributed by atoms with Crippen LogP contribution in [0.3, 0.4) is 0 Å². The number of aliphatic hydroxyl groups is 1. The van der Waals surface area contributed by atoms with E-state index in [9.17, 15) is 0 Å². The Balaban J connectivity index is 2.04. The number of nitrogens with one attached hydrogen (secondary N) is 1. The first-order chi connectivity index (χ1) is 10.2. The summed E-state index contributed by atoms with van der Waals surface area (Å²) in [6, 6.07) is 13.3. The van der Waals surface area contributed by atoms with Crippen LogP contribution in [0.2, 0.25) is 5.02 Å². The average molecular weight is 308 g/mol. The number of methoxy groups -OCH3 is 1. The highest BCUT2D eigenvalue weighted by Crippen LogP contribution is 2.30. The van der Waals surface area contributed by atoms with Gasteiger partial charge in [0.05, 0.1) is 13.7 Å². The summed E-state index contributed by atoms with van der Waals surface area (Å²) in [5.74, 6) is 1.24. The lowest BCUT2D eigenvalue weighted by Crippen LogP contribution is -2.04. The fourth-order valence-electron chi connectivity index (χ4n) is 1.86. The highest BCUT2D eigenvalue weighted by atomic mass is 35.5. The number of ether oxygens (including phenoxy) is 2. The lowest BCUT2D eigenvalue weighted by Gasteiger charge is -2.13. The van der Waals surface area contributed by atoms with Crippen LogP contribution in [0.25, 0.3) is 0 Å². The first kappa shape index (κ1) is 15.5. The summed E-state index contributed by atoms with van der Waals surface area (Å²) in [6.45, 7) is 0.880. The topological polar surface area (TPSA) is 50.7 Å². The van der Waals surface area contributed by atoms with Crippen molar-refractivity contribution >= 4 is 17.3 Å². The number of hydrogen-bond donors (Lipinski definition) is 2. The van der Waals surface area contributed by atoms with E-state index in [2.05, 4.69) is 5.32 Å². The van der Waals surface area contributed by atoms with Gasteiger partial charge in [-0.05, 0) is 29.8 Å². The average Bonchev–Trinajstić information content (AvgIpc) is 2.52. The van der Waals surface area contributed by atoms with Gasteiger partial charge >= 0.3 is 0 Å². The maximum atomic E-state index is 8.84. The molecule has 112 valence electrons.